The Labute approximate surface area is 79.3 Å². The fourth-order valence-electron chi connectivity index (χ4n) is 1.43. The summed E-state index contributed by atoms with van der Waals surface area (Å²) in [6, 6.07) is 2.43. The van der Waals surface area contributed by atoms with Crippen LogP contribution in [0.15, 0.2) is 23.0 Å². The standard InChI is InChI=1S/C11H17NO/c1-9(10-3-6-13-7-10)12-8-11(2)4-5-11/h3,6-7,9,12H,4-5,8H2,1-2H3. The molecule has 1 aliphatic rings. The summed E-state index contributed by atoms with van der Waals surface area (Å²) in [4.78, 5) is 0. The molecule has 0 spiro atoms. The van der Waals surface area contributed by atoms with E-state index >= 15 is 0 Å². The van der Waals surface area contributed by atoms with E-state index in [1.807, 2.05) is 12.3 Å². The molecule has 2 rings (SSSR count). The van der Waals surface area contributed by atoms with E-state index in [1.54, 1.807) is 6.26 Å². The maximum Gasteiger partial charge on any atom is 0.0950 e. The SMILES string of the molecule is CC(NCC1(C)CC1)c1ccoc1. The topological polar surface area (TPSA) is 25.2 Å². The van der Waals surface area contributed by atoms with Gasteiger partial charge in [0.15, 0.2) is 0 Å². The van der Waals surface area contributed by atoms with Gasteiger partial charge < -0.3 is 9.73 Å². The molecule has 1 aromatic rings. The first kappa shape index (κ1) is 8.82. The smallest absolute Gasteiger partial charge is 0.0950 e. The van der Waals surface area contributed by atoms with Crippen LogP contribution in [0, 0.1) is 5.41 Å². The second kappa shape index (κ2) is 3.18. The maximum atomic E-state index is 5.04. The lowest BCUT2D eigenvalue weighted by atomic mass is 10.1. The van der Waals surface area contributed by atoms with Gasteiger partial charge in [-0.25, -0.2) is 0 Å². The van der Waals surface area contributed by atoms with Gasteiger partial charge in [-0.2, -0.15) is 0 Å². The van der Waals surface area contributed by atoms with E-state index in [0.29, 0.717) is 11.5 Å². The summed E-state index contributed by atoms with van der Waals surface area (Å²) >= 11 is 0. The Morgan fingerprint density at radius 3 is 2.92 bits per heavy atom. The molecule has 1 N–H and O–H groups in total. The summed E-state index contributed by atoms with van der Waals surface area (Å²) in [6.07, 6.45) is 6.29. The molecule has 13 heavy (non-hydrogen) atoms. The minimum Gasteiger partial charge on any atom is -0.472 e. The largest absolute Gasteiger partial charge is 0.472 e. The molecule has 0 bridgehead atoms. The van der Waals surface area contributed by atoms with Crippen LogP contribution in [0.3, 0.4) is 0 Å². The van der Waals surface area contributed by atoms with E-state index < -0.39 is 0 Å². The summed E-state index contributed by atoms with van der Waals surface area (Å²) in [7, 11) is 0. The lowest BCUT2D eigenvalue weighted by molar-refractivity contribution is 0.454. The normalized spacial score (nSPS) is 21.4. The van der Waals surface area contributed by atoms with Crippen molar-refractivity contribution in [3.05, 3.63) is 24.2 Å². The van der Waals surface area contributed by atoms with Crippen molar-refractivity contribution in [3.63, 3.8) is 0 Å². The second-order valence-corrected chi connectivity index (χ2v) is 4.47. The fourth-order valence-corrected chi connectivity index (χ4v) is 1.43. The van der Waals surface area contributed by atoms with Crippen LogP contribution in [-0.4, -0.2) is 6.54 Å². The van der Waals surface area contributed by atoms with Gasteiger partial charge in [-0.15, -0.1) is 0 Å². The first-order valence-electron chi connectivity index (χ1n) is 4.95. The third-order valence-electron chi connectivity index (χ3n) is 2.98. The van der Waals surface area contributed by atoms with Crippen molar-refractivity contribution in [3.8, 4) is 0 Å². The van der Waals surface area contributed by atoms with Crippen molar-refractivity contribution in [2.45, 2.75) is 32.7 Å². The molecule has 0 amide bonds. The van der Waals surface area contributed by atoms with Crippen molar-refractivity contribution in [1.29, 1.82) is 0 Å². The first-order chi connectivity index (χ1) is 6.20. The lowest BCUT2D eigenvalue weighted by Crippen LogP contribution is -2.24. The van der Waals surface area contributed by atoms with Gasteiger partial charge in [0.1, 0.15) is 0 Å². The van der Waals surface area contributed by atoms with Crippen LogP contribution in [0.4, 0.5) is 0 Å². The first-order valence-corrected chi connectivity index (χ1v) is 4.95. The Balaban J connectivity index is 1.82. The molecule has 2 nitrogen and oxygen atoms in total. The van der Waals surface area contributed by atoms with E-state index in [1.165, 1.54) is 18.4 Å². The quantitative estimate of drug-likeness (QED) is 0.768. The summed E-state index contributed by atoms with van der Waals surface area (Å²) in [5.74, 6) is 0. The van der Waals surface area contributed by atoms with Gasteiger partial charge in [0.2, 0.25) is 0 Å². The molecule has 1 fully saturated rings. The van der Waals surface area contributed by atoms with Gasteiger partial charge in [-0.1, -0.05) is 6.92 Å². The van der Waals surface area contributed by atoms with Crippen LogP contribution in [0.2, 0.25) is 0 Å². The highest BCUT2D eigenvalue weighted by Gasteiger charge is 2.36. The van der Waals surface area contributed by atoms with E-state index in [-0.39, 0.29) is 0 Å². The number of nitrogens with one attached hydrogen (secondary N) is 1. The maximum absolute atomic E-state index is 5.04. The highest BCUT2D eigenvalue weighted by Crippen LogP contribution is 2.44. The molecular weight excluding hydrogens is 162 g/mol. The molecule has 1 unspecified atom stereocenters. The van der Waals surface area contributed by atoms with Crippen LogP contribution in [0.1, 0.15) is 38.3 Å². The molecule has 0 aliphatic heterocycles. The van der Waals surface area contributed by atoms with Gasteiger partial charge in [0.05, 0.1) is 12.5 Å². The van der Waals surface area contributed by atoms with Gasteiger partial charge in [0.25, 0.3) is 0 Å². The Morgan fingerprint density at radius 2 is 2.38 bits per heavy atom. The molecule has 1 atom stereocenters. The van der Waals surface area contributed by atoms with Gasteiger partial charge in [-0.3, -0.25) is 0 Å². The minimum atomic E-state index is 0.413. The lowest BCUT2D eigenvalue weighted by Gasteiger charge is -2.15. The third kappa shape index (κ3) is 2.13. The monoisotopic (exact) mass is 179 g/mol. The molecule has 1 aliphatic carbocycles. The average molecular weight is 179 g/mol. The molecule has 1 saturated carbocycles. The number of furan rings is 1. The van der Waals surface area contributed by atoms with Crippen LogP contribution in [0.5, 0.6) is 0 Å². The van der Waals surface area contributed by atoms with Gasteiger partial charge in [0, 0.05) is 18.2 Å². The fraction of sp³-hybridized carbons (Fsp3) is 0.636. The zero-order valence-electron chi connectivity index (χ0n) is 8.34. The molecule has 1 heterocycles. The number of rotatable bonds is 4. The van der Waals surface area contributed by atoms with E-state index in [0.717, 1.165) is 6.54 Å². The minimum absolute atomic E-state index is 0.413. The summed E-state index contributed by atoms with van der Waals surface area (Å²) in [5, 5.41) is 3.53. The number of hydrogen-bond acceptors (Lipinski definition) is 2. The molecule has 0 saturated heterocycles. The van der Waals surface area contributed by atoms with Crippen molar-refractivity contribution in [1.82, 2.24) is 5.32 Å². The average Bonchev–Trinajstić information content (AvgIpc) is 2.69. The Morgan fingerprint density at radius 1 is 1.62 bits per heavy atom. The van der Waals surface area contributed by atoms with Crippen molar-refractivity contribution >= 4 is 0 Å². The van der Waals surface area contributed by atoms with E-state index in [4.69, 9.17) is 4.42 Å². The Hall–Kier alpha value is -0.760. The predicted octanol–water partition coefficient (Wildman–Crippen LogP) is 2.73. The number of hydrogen-bond donors (Lipinski definition) is 1. The summed E-state index contributed by atoms with van der Waals surface area (Å²) in [5.41, 5.74) is 1.82. The van der Waals surface area contributed by atoms with Crippen molar-refractivity contribution in [2.24, 2.45) is 5.41 Å². The van der Waals surface area contributed by atoms with Crippen molar-refractivity contribution in [2.75, 3.05) is 6.54 Å². The third-order valence-corrected chi connectivity index (χ3v) is 2.98. The van der Waals surface area contributed by atoms with Crippen LogP contribution in [-0.2, 0) is 0 Å². The van der Waals surface area contributed by atoms with E-state index in [2.05, 4.69) is 19.2 Å². The predicted molar refractivity (Wildman–Crippen MR) is 52.5 cm³/mol. The zero-order valence-corrected chi connectivity index (χ0v) is 8.34. The Kier molecular flexibility index (Phi) is 2.16. The van der Waals surface area contributed by atoms with Crippen LogP contribution in [0.25, 0.3) is 0 Å². The zero-order chi connectivity index (χ0) is 9.31. The van der Waals surface area contributed by atoms with Crippen molar-refractivity contribution < 1.29 is 4.42 Å². The molecule has 72 valence electrons. The van der Waals surface area contributed by atoms with E-state index in [9.17, 15) is 0 Å². The molecule has 0 aromatic carbocycles. The molecule has 2 heteroatoms. The highest BCUT2D eigenvalue weighted by molar-refractivity contribution is 5.10. The molecular formula is C11H17NO. The Bertz CT molecular complexity index is 262. The van der Waals surface area contributed by atoms with Gasteiger partial charge in [-0.05, 0) is 31.2 Å². The summed E-state index contributed by atoms with van der Waals surface area (Å²) < 4.78 is 5.04. The molecule has 0 radical (unpaired) electrons. The van der Waals surface area contributed by atoms with Crippen LogP contribution >= 0.6 is 0 Å². The summed E-state index contributed by atoms with van der Waals surface area (Å²) in [6.45, 7) is 5.64. The second-order valence-electron chi connectivity index (χ2n) is 4.47. The molecule has 1 aromatic heterocycles. The van der Waals surface area contributed by atoms with Gasteiger partial charge >= 0.3 is 0 Å². The highest BCUT2D eigenvalue weighted by atomic mass is 16.3. The van der Waals surface area contributed by atoms with Crippen LogP contribution < -0.4 is 5.32 Å².